The second-order valence-electron chi connectivity index (χ2n) is 8.92. The first-order chi connectivity index (χ1) is 19.3. The number of likely N-dealkylation sites (N-methyl/N-ethyl adjacent to an activating group) is 1. The minimum Gasteiger partial charge on any atom is -0.487 e. The molecule has 2 amide bonds. The first kappa shape index (κ1) is 26.7. The van der Waals surface area contributed by atoms with Crippen LogP contribution in [0.2, 0.25) is 5.02 Å². The maximum atomic E-state index is 13.2. The van der Waals surface area contributed by atoms with Gasteiger partial charge in [0.15, 0.2) is 11.6 Å². The van der Waals surface area contributed by atoms with E-state index in [0.717, 1.165) is 5.56 Å². The maximum absolute atomic E-state index is 13.2. The maximum Gasteiger partial charge on any atom is 0.340 e. The Bertz CT molecular complexity index is 1600. The molecule has 1 N–H and O–H groups in total. The minimum absolute atomic E-state index is 0.0853. The number of fused-ring (bicyclic) bond motifs is 1. The molecule has 0 bridgehead atoms. The zero-order valence-corrected chi connectivity index (χ0v) is 22.3. The summed E-state index contributed by atoms with van der Waals surface area (Å²) in [6.07, 6.45) is 5.77. The number of esters is 1. The molecule has 1 aromatic carbocycles. The molecule has 3 aromatic heterocycles. The molecule has 202 valence electrons. The van der Waals surface area contributed by atoms with Crippen LogP contribution in [0, 0.1) is 6.92 Å². The number of nitrogens with zero attached hydrogens (tertiary/aromatic N) is 5. The number of pyridine rings is 2. The summed E-state index contributed by atoms with van der Waals surface area (Å²) in [5, 5.41) is 2.98. The fraction of sp³-hybridized carbons (Fsp3) is 0.179. The Balaban J connectivity index is 1.36. The average Bonchev–Trinajstić information content (AvgIpc) is 3.08. The van der Waals surface area contributed by atoms with E-state index in [1.165, 1.54) is 36.7 Å². The summed E-state index contributed by atoms with van der Waals surface area (Å²) < 4.78 is 11.2. The van der Waals surface area contributed by atoms with Crippen molar-refractivity contribution in [3.63, 3.8) is 0 Å². The summed E-state index contributed by atoms with van der Waals surface area (Å²) in [5.41, 5.74) is 2.41. The lowest BCUT2D eigenvalue weighted by Crippen LogP contribution is -2.49. The van der Waals surface area contributed by atoms with E-state index in [9.17, 15) is 14.4 Å². The Hall–Kier alpha value is -4.90. The van der Waals surface area contributed by atoms with Gasteiger partial charge >= 0.3 is 5.97 Å². The van der Waals surface area contributed by atoms with E-state index in [-0.39, 0.29) is 30.4 Å². The van der Waals surface area contributed by atoms with E-state index in [2.05, 4.69) is 25.3 Å². The number of rotatable bonds is 6. The van der Waals surface area contributed by atoms with Gasteiger partial charge in [0, 0.05) is 43.5 Å². The van der Waals surface area contributed by atoms with Crippen LogP contribution in [-0.2, 0) is 16.1 Å². The Morgan fingerprint density at radius 2 is 1.95 bits per heavy atom. The highest BCUT2D eigenvalue weighted by Gasteiger charge is 2.32. The lowest BCUT2D eigenvalue weighted by molar-refractivity contribution is -0.120. The third-order valence-corrected chi connectivity index (χ3v) is 6.35. The van der Waals surface area contributed by atoms with Gasteiger partial charge in [0.2, 0.25) is 5.82 Å². The quantitative estimate of drug-likeness (QED) is 0.353. The van der Waals surface area contributed by atoms with Crippen LogP contribution in [0.15, 0.2) is 67.3 Å². The van der Waals surface area contributed by atoms with Crippen molar-refractivity contribution in [3.8, 4) is 17.0 Å². The molecule has 1 unspecified atom stereocenters. The number of benzene rings is 1. The summed E-state index contributed by atoms with van der Waals surface area (Å²) in [4.78, 5) is 57.3. The Morgan fingerprint density at radius 1 is 1.15 bits per heavy atom. The molecule has 1 aliphatic heterocycles. The van der Waals surface area contributed by atoms with Crippen LogP contribution in [0.3, 0.4) is 0 Å². The molecule has 4 aromatic rings. The number of ether oxygens (including phenoxy) is 2. The SMILES string of the molecule is Cc1cnc(C(=O)NC2COc3cc(Cl)cnc3N(C)C2=O)nc1-c1ccncc1C(=O)OCc1ccccc1. The minimum atomic E-state index is -1.04. The lowest BCUT2D eigenvalue weighted by atomic mass is 10.0. The Kier molecular flexibility index (Phi) is 7.65. The van der Waals surface area contributed by atoms with E-state index in [4.69, 9.17) is 21.1 Å². The first-order valence-electron chi connectivity index (χ1n) is 12.2. The number of aryl methyl sites for hydroxylation is 1. The van der Waals surface area contributed by atoms with Gasteiger partial charge in [0.25, 0.3) is 11.8 Å². The fourth-order valence-electron chi connectivity index (χ4n) is 4.07. The van der Waals surface area contributed by atoms with Crippen molar-refractivity contribution in [2.24, 2.45) is 0 Å². The van der Waals surface area contributed by atoms with Gasteiger partial charge in [-0.05, 0) is 24.1 Å². The summed E-state index contributed by atoms with van der Waals surface area (Å²) in [6.45, 7) is 1.69. The monoisotopic (exact) mass is 558 g/mol. The molecule has 5 rings (SSSR count). The highest BCUT2D eigenvalue weighted by molar-refractivity contribution is 6.30. The molecule has 0 saturated carbocycles. The van der Waals surface area contributed by atoms with Crippen molar-refractivity contribution in [1.29, 1.82) is 0 Å². The van der Waals surface area contributed by atoms with Gasteiger partial charge in [-0.1, -0.05) is 41.9 Å². The molecular weight excluding hydrogens is 536 g/mol. The van der Waals surface area contributed by atoms with Crippen LogP contribution >= 0.6 is 11.6 Å². The van der Waals surface area contributed by atoms with E-state index in [1.54, 1.807) is 19.1 Å². The van der Waals surface area contributed by atoms with Crippen molar-refractivity contribution < 1.29 is 23.9 Å². The van der Waals surface area contributed by atoms with Crippen LogP contribution in [0.25, 0.3) is 11.3 Å². The number of amides is 2. The van der Waals surface area contributed by atoms with Crippen LogP contribution in [-0.4, -0.2) is 57.4 Å². The normalized spacial score (nSPS) is 14.5. The number of aromatic nitrogens is 4. The molecule has 1 atom stereocenters. The zero-order chi connectivity index (χ0) is 28.2. The summed E-state index contributed by atoms with van der Waals surface area (Å²) in [5.74, 6) is -1.32. The molecule has 11 nitrogen and oxygen atoms in total. The average molecular weight is 559 g/mol. The van der Waals surface area contributed by atoms with Gasteiger partial charge in [-0.3, -0.25) is 19.5 Å². The highest BCUT2D eigenvalue weighted by atomic mass is 35.5. The number of hydrogen-bond donors (Lipinski definition) is 1. The standard InChI is InChI=1S/C28H23ClN6O5/c1-16-11-31-24(26(36)33-21-15-39-22-10-18(29)12-32-25(22)35(2)27(21)37)34-23(16)19-8-9-30-13-20(19)28(38)40-14-17-6-4-3-5-7-17/h3-13,21H,14-15H2,1-2H3,(H,33,36). The van der Waals surface area contributed by atoms with Gasteiger partial charge in [-0.25, -0.2) is 19.7 Å². The molecule has 0 spiro atoms. The second kappa shape index (κ2) is 11.5. The zero-order valence-electron chi connectivity index (χ0n) is 21.5. The molecule has 0 saturated heterocycles. The van der Waals surface area contributed by atoms with Crippen molar-refractivity contribution in [2.75, 3.05) is 18.6 Å². The third kappa shape index (κ3) is 5.59. The number of hydrogen-bond acceptors (Lipinski definition) is 9. The summed E-state index contributed by atoms with van der Waals surface area (Å²) in [7, 11) is 1.53. The van der Waals surface area contributed by atoms with Crippen LogP contribution < -0.4 is 15.0 Å². The fourth-order valence-corrected chi connectivity index (χ4v) is 4.22. The first-order valence-corrected chi connectivity index (χ1v) is 12.6. The highest BCUT2D eigenvalue weighted by Crippen LogP contribution is 2.31. The number of carbonyl (C=O) groups excluding carboxylic acids is 3. The van der Waals surface area contributed by atoms with Crippen molar-refractivity contribution >= 4 is 35.2 Å². The number of anilines is 1. The molecular formula is C28H23ClN6O5. The topological polar surface area (TPSA) is 136 Å². The molecule has 40 heavy (non-hydrogen) atoms. The summed E-state index contributed by atoms with van der Waals surface area (Å²) in [6, 6.07) is 11.4. The smallest absolute Gasteiger partial charge is 0.340 e. The van der Waals surface area contributed by atoms with Gasteiger partial charge in [0.05, 0.1) is 16.3 Å². The Labute approximate surface area is 234 Å². The molecule has 4 heterocycles. The van der Waals surface area contributed by atoms with E-state index in [1.807, 2.05) is 30.3 Å². The Morgan fingerprint density at radius 3 is 2.75 bits per heavy atom. The van der Waals surface area contributed by atoms with Gasteiger partial charge < -0.3 is 14.8 Å². The van der Waals surface area contributed by atoms with Crippen LogP contribution in [0.4, 0.5) is 5.82 Å². The van der Waals surface area contributed by atoms with Crippen molar-refractivity contribution in [2.45, 2.75) is 19.6 Å². The molecule has 0 fully saturated rings. The molecule has 0 radical (unpaired) electrons. The number of halogens is 1. The largest absolute Gasteiger partial charge is 0.487 e. The predicted molar refractivity (Wildman–Crippen MR) is 145 cm³/mol. The molecule has 1 aliphatic rings. The van der Waals surface area contributed by atoms with E-state index < -0.39 is 23.8 Å². The van der Waals surface area contributed by atoms with Crippen molar-refractivity contribution in [3.05, 3.63) is 94.8 Å². The third-order valence-electron chi connectivity index (χ3n) is 6.14. The van der Waals surface area contributed by atoms with Crippen LogP contribution in [0.1, 0.15) is 32.1 Å². The second-order valence-corrected chi connectivity index (χ2v) is 9.35. The summed E-state index contributed by atoms with van der Waals surface area (Å²) >= 11 is 6.00. The predicted octanol–water partition coefficient (Wildman–Crippen LogP) is 3.41. The van der Waals surface area contributed by atoms with Gasteiger partial charge in [-0.15, -0.1) is 0 Å². The number of carbonyl (C=O) groups is 3. The van der Waals surface area contributed by atoms with Gasteiger partial charge in [0.1, 0.15) is 19.3 Å². The van der Waals surface area contributed by atoms with Crippen LogP contribution in [0.5, 0.6) is 5.75 Å². The van der Waals surface area contributed by atoms with E-state index in [0.29, 0.717) is 27.6 Å². The molecule has 0 aliphatic carbocycles. The molecule has 12 heteroatoms. The number of nitrogens with one attached hydrogen (secondary N) is 1. The van der Waals surface area contributed by atoms with Gasteiger partial charge in [-0.2, -0.15) is 0 Å². The van der Waals surface area contributed by atoms with Crippen molar-refractivity contribution in [1.82, 2.24) is 25.3 Å². The lowest BCUT2D eigenvalue weighted by Gasteiger charge is -2.19. The van der Waals surface area contributed by atoms with E-state index >= 15 is 0 Å².